The standard InChI is InChI=1S/C11H10N2O4/c14-10-9(11(15)6-16-7-11)13(12-17-10)8-4-2-1-3-5-8/h1-5,15H,6-7H2/p+1. The molecule has 1 aromatic carbocycles. The average molecular weight is 235 g/mol. The van der Waals surface area contributed by atoms with Crippen molar-refractivity contribution in [3.63, 3.8) is 0 Å². The number of nitrogens with zero attached hydrogens (tertiary/aromatic N) is 1. The van der Waals surface area contributed by atoms with E-state index < -0.39 is 11.2 Å². The number of ether oxygens (including phenoxy) is 1. The smallest absolute Gasteiger partial charge is 0.375 e. The molecule has 2 N–H and O–H groups in total. The Morgan fingerprint density at radius 1 is 1.29 bits per heavy atom. The van der Waals surface area contributed by atoms with E-state index in [4.69, 9.17) is 9.26 Å². The SMILES string of the molecule is O=c1o[nH][n+](-c2ccccc2)c1C1(O)COC1. The van der Waals surface area contributed by atoms with E-state index in [-0.39, 0.29) is 18.9 Å². The van der Waals surface area contributed by atoms with Crippen molar-refractivity contribution < 1.29 is 19.0 Å². The topological polar surface area (TPSA) is 79.3 Å². The molecule has 6 heteroatoms. The summed E-state index contributed by atoms with van der Waals surface area (Å²) in [5, 5.41) is 12.6. The first kappa shape index (κ1) is 10.2. The van der Waals surface area contributed by atoms with Gasteiger partial charge in [0.2, 0.25) is 11.3 Å². The number of rotatable bonds is 2. The molecule has 3 rings (SSSR count). The van der Waals surface area contributed by atoms with Crippen LogP contribution in [0.5, 0.6) is 0 Å². The largest absolute Gasteiger partial charge is 0.433 e. The van der Waals surface area contributed by atoms with E-state index in [0.29, 0.717) is 5.69 Å². The minimum Gasteiger partial charge on any atom is -0.375 e. The second-order valence-electron chi connectivity index (χ2n) is 4.02. The van der Waals surface area contributed by atoms with Gasteiger partial charge in [-0.1, -0.05) is 18.2 Å². The molecule has 0 spiro atoms. The molecular formula is C11H11N2O4+. The van der Waals surface area contributed by atoms with Gasteiger partial charge in [0.25, 0.3) is 0 Å². The highest BCUT2D eigenvalue weighted by Crippen LogP contribution is 2.24. The minimum absolute atomic E-state index is 0.0996. The molecule has 88 valence electrons. The zero-order valence-corrected chi connectivity index (χ0v) is 8.92. The first-order chi connectivity index (χ1) is 8.21. The highest BCUT2D eigenvalue weighted by Gasteiger charge is 2.50. The van der Waals surface area contributed by atoms with Crippen LogP contribution < -0.4 is 10.3 Å². The van der Waals surface area contributed by atoms with Gasteiger partial charge in [-0.15, -0.1) is 0 Å². The Bertz CT molecular complexity index is 583. The van der Waals surface area contributed by atoms with Gasteiger partial charge in [0, 0.05) is 12.1 Å². The molecule has 0 atom stereocenters. The number of aromatic amines is 1. The Morgan fingerprint density at radius 2 is 2.00 bits per heavy atom. The fraction of sp³-hybridized carbons (Fsp3) is 0.273. The average Bonchev–Trinajstić information content (AvgIpc) is 2.70. The molecule has 2 heterocycles. The molecule has 0 unspecified atom stereocenters. The van der Waals surface area contributed by atoms with E-state index >= 15 is 0 Å². The van der Waals surface area contributed by atoms with Crippen LogP contribution in [0.4, 0.5) is 0 Å². The molecule has 1 aliphatic heterocycles. The van der Waals surface area contributed by atoms with Crippen LogP contribution in [0.15, 0.2) is 39.6 Å². The Hall–Kier alpha value is -1.92. The molecule has 1 aromatic heterocycles. The summed E-state index contributed by atoms with van der Waals surface area (Å²) in [5.74, 6) is 0. The molecule has 6 nitrogen and oxygen atoms in total. The molecule has 0 amide bonds. The summed E-state index contributed by atoms with van der Waals surface area (Å²) in [6.07, 6.45) is 0. The van der Waals surface area contributed by atoms with E-state index in [0.717, 1.165) is 0 Å². The summed E-state index contributed by atoms with van der Waals surface area (Å²) in [7, 11) is 0. The van der Waals surface area contributed by atoms with Crippen LogP contribution in [-0.4, -0.2) is 23.6 Å². The van der Waals surface area contributed by atoms with E-state index in [1.807, 2.05) is 18.2 Å². The normalized spacial score (nSPS) is 17.7. The van der Waals surface area contributed by atoms with Gasteiger partial charge in [-0.2, -0.15) is 0 Å². The summed E-state index contributed by atoms with van der Waals surface area (Å²) in [6, 6.07) is 9.14. The van der Waals surface area contributed by atoms with Crippen LogP contribution in [0, 0.1) is 0 Å². The number of hydrogen-bond donors (Lipinski definition) is 2. The number of para-hydroxylation sites is 1. The molecule has 1 fully saturated rings. The van der Waals surface area contributed by atoms with Crippen molar-refractivity contribution >= 4 is 0 Å². The van der Waals surface area contributed by atoms with Gasteiger partial charge in [-0.05, 0) is 9.95 Å². The van der Waals surface area contributed by atoms with Crippen molar-refractivity contribution in [2.75, 3.05) is 13.2 Å². The molecular weight excluding hydrogens is 224 g/mol. The first-order valence-corrected chi connectivity index (χ1v) is 5.20. The number of H-pyrrole nitrogens is 1. The maximum atomic E-state index is 11.6. The van der Waals surface area contributed by atoms with Crippen LogP contribution in [0.1, 0.15) is 5.69 Å². The number of benzene rings is 1. The lowest BCUT2D eigenvalue weighted by Gasteiger charge is -2.30. The Balaban J connectivity index is 2.16. The third-order valence-electron chi connectivity index (χ3n) is 2.78. The second kappa shape index (κ2) is 3.54. The van der Waals surface area contributed by atoms with Crippen molar-refractivity contribution in [3.8, 4) is 5.69 Å². The Kier molecular flexibility index (Phi) is 2.13. The fourth-order valence-electron chi connectivity index (χ4n) is 1.86. The molecule has 0 aliphatic carbocycles. The highest BCUT2D eigenvalue weighted by molar-refractivity contribution is 5.22. The van der Waals surface area contributed by atoms with Gasteiger partial charge in [0.15, 0.2) is 0 Å². The maximum Gasteiger partial charge on any atom is 0.433 e. The molecule has 2 aromatic rings. The van der Waals surface area contributed by atoms with Gasteiger partial charge >= 0.3 is 11.3 Å². The van der Waals surface area contributed by atoms with Gasteiger partial charge in [-0.3, -0.25) is 4.52 Å². The van der Waals surface area contributed by atoms with Gasteiger partial charge < -0.3 is 9.84 Å². The van der Waals surface area contributed by atoms with Crippen LogP contribution in [0.3, 0.4) is 0 Å². The van der Waals surface area contributed by atoms with E-state index in [1.165, 1.54) is 4.68 Å². The van der Waals surface area contributed by atoms with Crippen molar-refractivity contribution in [2.45, 2.75) is 5.60 Å². The zero-order chi connectivity index (χ0) is 11.9. The summed E-state index contributed by atoms with van der Waals surface area (Å²) in [6.45, 7) is 0.199. The Morgan fingerprint density at radius 3 is 2.59 bits per heavy atom. The molecule has 0 bridgehead atoms. The van der Waals surface area contributed by atoms with Gasteiger partial charge in [0.05, 0.1) is 13.2 Å². The highest BCUT2D eigenvalue weighted by atomic mass is 16.5. The van der Waals surface area contributed by atoms with Crippen LogP contribution >= 0.6 is 0 Å². The van der Waals surface area contributed by atoms with E-state index in [2.05, 4.69) is 5.27 Å². The predicted molar refractivity (Wildman–Crippen MR) is 55.6 cm³/mol. The summed E-state index contributed by atoms with van der Waals surface area (Å²) in [4.78, 5) is 11.6. The van der Waals surface area contributed by atoms with Crippen molar-refractivity contribution in [1.29, 1.82) is 0 Å². The monoisotopic (exact) mass is 235 g/mol. The Labute approximate surface area is 96.0 Å². The third-order valence-corrected chi connectivity index (χ3v) is 2.78. The first-order valence-electron chi connectivity index (χ1n) is 5.20. The lowest BCUT2D eigenvalue weighted by atomic mass is 9.98. The van der Waals surface area contributed by atoms with Crippen molar-refractivity contribution in [3.05, 3.63) is 46.4 Å². The number of nitrogens with one attached hydrogen (secondary N) is 1. The molecule has 1 aliphatic rings. The third kappa shape index (κ3) is 1.49. The summed E-state index contributed by atoms with van der Waals surface area (Å²) < 4.78 is 11.1. The van der Waals surface area contributed by atoms with Crippen LogP contribution in [0.25, 0.3) is 5.69 Å². The lowest BCUT2D eigenvalue weighted by Crippen LogP contribution is -2.56. The van der Waals surface area contributed by atoms with E-state index in [1.54, 1.807) is 12.1 Å². The van der Waals surface area contributed by atoms with Crippen molar-refractivity contribution in [2.24, 2.45) is 0 Å². The molecule has 1 saturated heterocycles. The number of aliphatic hydroxyl groups is 1. The number of hydrogen-bond acceptors (Lipinski definition) is 4. The van der Waals surface area contributed by atoms with E-state index in [9.17, 15) is 9.90 Å². The predicted octanol–water partition coefficient (Wildman–Crippen LogP) is -0.538. The lowest BCUT2D eigenvalue weighted by molar-refractivity contribution is -0.686. The fourth-order valence-corrected chi connectivity index (χ4v) is 1.86. The maximum absolute atomic E-state index is 11.6. The zero-order valence-electron chi connectivity index (χ0n) is 8.92. The number of aromatic nitrogens is 2. The van der Waals surface area contributed by atoms with Crippen LogP contribution in [-0.2, 0) is 10.3 Å². The van der Waals surface area contributed by atoms with Gasteiger partial charge in [-0.25, -0.2) is 4.79 Å². The summed E-state index contributed by atoms with van der Waals surface area (Å²) >= 11 is 0. The molecule has 0 radical (unpaired) electrons. The molecule has 0 saturated carbocycles. The summed E-state index contributed by atoms with van der Waals surface area (Å²) in [5.41, 5.74) is -0.973. The van der Waals surface area contributed by atoms with Crippen LogP contribution in [0.2, 0.25) is 0 Å². The quantitative estimate of drug-likeness (QED) is 0.685. The molecule has 17 heavy (non-hydrogen) atoms. The second-order valence-corrected chi connectivity index (χ2v) is 4.02. The van der Waals surface area contributed by atoms with Gasteiger partial charge in [0.1, 0.15) is 0 Å². The minimum atomic E-state index is -1.27. The van der Waals surface area contributed by atoms with Crippen molar-refractivity contribution in [1.82, 2.24) is 5.27 Å².